The quantitative estimate of drug-likeness (QED) is 0.346. The van der Waals surface area contributed by atoms with Crippen LogP contribution in [0.2, 0.25) is 5.02 Å². The molecule has 33 heavy (non-hydrogen) atoms. The number of ether oxygens (including phenoxy) is 2. The Bertz CT molecular complexity index is 1080. The highest BCUT2D eigenvalue weighted by Crippen LogP contribution is 2.26. The summed E-state index contributed by atoms with van der Waals surface area (Å²) in [7, 11) is 0. The smallest absolute Gasteiger partial charge is 0.328 e. The van der Waals surface area contributed by atoms with Gasteiger partial charge in [0.2, 0.25) is 0 Å². The Balaban J connectivity index is 0.00000306. The van der Waals surface area contributed by atoms with Crippen LogP contribution in [0.4, 0.5) is 0 Å². The van der Waals surface area contributed by atoms with Crippen molar-refractivity contribution in [2.75, 3.05) is 32.9 Å². The fourth-order valence-electron chi connectivity index (χ4n) is 3.74. The van der Waals surface area contributed by atoms with Crippen LogP contribution < -0.4 is 5.56 Å². The van der Waals surface area contributed by atoms with E-state index in [2.05, 4.69) is 4.90 Å². The molecule has 0 bridgehead atoms. The minimum Gasteiger partial charge on any atom is -0.464 e. The number of rotatable bonds is 8. The number of benzene rings is 2. The van der Waals surface area contributed by atoms with Gasteiger partial charge in [-0.1, -0.05) is 72.3 Å². The van der Waals surface area contributed by atoms with Gasteiger partial charge in [-0.25, -0.2) is 4.79 Å². The largest absolute Gasteiger partial charge is 0.464 e. The average molecular weight is 493 g/mol. The molecule has 4 rings (SSSR count). The summed E-state index contributed by atoms with van der Waals surface area (Å²) in [5.41, 5.74) is 1.23. The molecule has 0 N–H and O–H groups in total. The molecule has 1 saturated heterocycles. The van der Waals surface area contributed by atoms with Gasteiger partial charge in [-0.15, -0.1) is 12.4 Å². The van der Waals surface area contributed by atoms with Crippen LogP contribution in [0.1, 0.15) is 18.0 Å². The highest BCUT2D eigenvalue weighted by Gasteiger charge is 2.30. The van der Waals surface area contributed by atoms with Crippen LogP contribution >= 0.6 is 24.0 Å². The average Bonchev–Trinajstić information content (AvgIpc) is 3.12. The highest BCUT2D eigenvalue weighted by molar-refractivity contribution is 6.32. The molecule has 2 heterocycles. The van der Waals surface area contributed by atoms with Gasteiger partial charge in [0.05, 0.1) is 26.4 Å². The van der Waals surface area contributed by atoms with Gasteiger partial charge in [0, 0.05) is 25.1 Å². The van der Waals surface area contributed by atoms with E-state index in [0.717, 1.165) is 11.1 Å². The lowest BCUT2D eigenvalue weighted by Gasteiger charge is -2.33. The maximum absolute atomic E-state index is 12.9. The first-order valence-electron chi connectivity index (χ1n) is 10.6. The van der Waals surface area contributed by atoms with E-state index in [1.54, 1.807) is 0 Å². The van der Waals surface area contributed by atoms with Gasteiger partial charge in [0.15, 0.2) is 10.8 Å². The molecule has 0 spiro atoms. The van der Waals surface area contributed by atoms with E-state index >= 15 is 0 Å². The number of carbonyl (C=O) groups is 1. The summed E-state index contributed by atoms with van der Waals surface area (Å²) in [5.74, 6) is 0.0265. The van der Waals surface area contributed by atoms with E-state index in [4.69, 9.17) is 25.6 Å². The van der Waals surface area contributed by atoms with Gasteiger partial charge in [0.1, 0.15) is 6.04 Å². The maximum atomic E-state index is 12.9. The van der Waals surface area contributed by atoms with Crippen molar-refractivity contribution < 1.29 is 18.8 Å². The summed E-state index contributed by atoms with van der Waals surface area (Å²) in [5, 5.41) is 0.0460. The highest BCUT2D eigenvalue weighted by atomic mass is 35.5. The van der Waals surface area contributed by atoms with Crippen molar-refractivity contribution in [3.05, 3.63) is 81.6 Å². The molecule has 0 aliphatic carbocycles. The molecule has 9 heteroatoms. The predicted molar refractivity (Wildman–Crippen MR) is 128 cm³/mol. The monoisotopic (exact) mass is 492 g/mol. The van der Waals surface area contributed by atoms with Crippen molar-refractivity contribution in [3.63, 3.8) is 0 Å². The van der Waals surface area contributed by atoms with Gasteiger partial charge < -0.3 is 14.0 Å². The van der Waals surface area contributed by atoms with Crippen LogP contribution in [-0.2, 0) is 20.8 Å². The first-order chi connectivity index (χ1) is 15.6. The molecule has 0 amide bonds. The number of aromatic nitrogens is 1. The molecular weight excluding hydrogens is 467 g/mol. The molecular formula is C24H26Cl2N2O5. The first-order valence-corrected chi connectivity index (χ1v) is 11.0. The van der Waals surface area contributed by atoms with Crippen LogP contribution in [0.15, 0.2) is 70.0 Å². The lowest BCUT2D eigenvalue weighted by atomic mass is 10.1. The van der Waals surface area contributed by atoms with Crippen LogP contribution in [0, 0.1) is 0 Å². The normalized spacial score (nSPS) is 14.9. The van der Waals surface area contributed by atoms with Crippen molar-refractivity contribution in [1.82, 2.24) is 9.64 Å². The van der Waals surface area contributed by atoms with Crippen LogP contribution in [0.3, 0.4) is 0 Å². The van der Waals surface area contributed by atoms with E-state index in [1.165, 1.54) is 4.74 Å². The summed E-state index contributed by atoms with van der Waals surface area (Å²) in [6.07, 6.45) is 0.425. The molecule has 176 valence electrons. The third-order valence-corrected chi connectivity index (χ3v) is 5.68. The van der Waals surface area contributed by atoms with E-state index in [-0.39, 0.29) is 36.6 Å². The zero-order chi connectivity index (χ0) is 22.3. The Kier molecular flexibility index (Phi) is 9.14. The minimum absolute atomic E-state index is 0. The van der Waals surface area contributed by atoms with E-state index in [1.807, 2.05) is 60.7 Å². The van der Waals surface area contributed by atoms with E-state index in [9.17, 15) is 9.59 Å². The number of hydrogen-bond acceptors (Lipinski definition) is 6. The lowest BCUT2D eigenvalue weighted by Crippen LogP contribution is -2.42. The Labute approximate surface area is 203 Å². The molecule has 1 unspecified atom stereocenters. The third kappa shape index (κ3) is 6.06. The molecule has 1 aliphatic rings. The molecule has 1 atom stereocenters. The molecule has 1 fully saturated rings. The molecule has 0 saturated carbocycles. The topological polar surface area (TPSA) is 73.9 Å². The summed E-state index contributed by atoms with van der Waals surface area (Å²) in [4.78, 5) is 27.4. The fourth-order valence-corrected chi connectivity index (χ4v) is 3.98. The molecule has 0 radical (unpaired) electrons. The lowest BCUT2D eigenvalue weighted by molar-refractivity contribution is -0.152. The molecule has 2 aromatic carbocycles. The predicted octanol–water partition coefficient (Wildman–Crippen LogP) is 4.19. The van der Waals surface area contributed by atoms with E-state index in [0.29, 0.717) is 38.5 Å². The number of carbonyl (C=O) groups excluding carboxylic acids is 1. The standard InChI is InChI=1S/C24H25ClN2O5.ClH/c25-20-22(19-10-5-2-6-11-19)32-27(23(20)28)12-7-15-31-24(29)21(18-8-3-1-4-9-18)26-13-16-30-17-14-26;/h1-6,8-11,21H,7,12-17H2;1H. The second-order valence-electron chi connectivity index (χ2n) is 7.49. The van der Waals surface area contributed by atoms with E-state index < -0.39 is 11.6 Å². The molecule has 7 nitrogen and oxygen atoms in total. The van der Waals surface area contributed by atoms with Gasteiger partial charge in [-0.05, 0) is 5.56 Å². The Morgan fingerprint density at radius 3 is 2.33 bits per heavy atom. The summed E-state index contributed by atoms with van der Waals surface area (Å²) >= 11 is 6.18. The third-order valence-electron chi connectivity index (χ3n) is 5.35. The van der Waals surface area contributed by atoms with Gasteiger partial charge in [0.25, 0.3) is 0 Å². The minimum atomic E-state index is -0.481. The zero-order valence-electron chi connectivity index (χ0n) is 18.0. The SMILES string of the molecule is Cl.O=C(OCCCn1oc(-c2ccccc2)c(Cl)c1=O)C(c1ccccc1)N1CCOCC1. The van der Waals surface area contributed by atoms with Crippen LogP contribution in [0.5, 0.6) is 0 Å². The van der Waals surface area contributed by atoms with Gasteiger partial charge in [-0.2, -0.15) is 4.74 Å². The number of halogens is 2. The Morgan fingerprint density at radius 2 is 1.67 bits per heavy atom. The molecule has 3 aromatic rings. The number of esters is 1. The zero-order valence-corrected chi connectivity index (χ0v) is 19.6. The second-order valence-corrected chi connectivity index (χ2v) is 7.87. The summed E-state index contributed by atoms with van der Waals surface area (Å²) < 4.78 is 17.9. The summed E-state index contributed by atoms with van der Waals surface area (Å²) in [6, 6.07) is 18.3. The van der Waals surface area contributed by atoms with Crippen LogP contribution in [0.25, 0.3) is 11.3 Å². The molecule has 1 aliphatic heterocycles. The van der Waals surface area contributed by atoms with Crippen molar-refractivity contribution in [2.24, 2.45) is 0 Å². The Morgan fingerprint density at radius 1 is 1.03 bits per heavy atom. The van der Waals surface area contributed by atoms with Gasteiger partial charge in [-0.3, -0.25) is 9.69 Å². The van der Waals surface area contributed by atoms with Crippen molar-refractivity contribution in [3.8, 4) is 11.3 Å². The summed E-state index contributed by atoms with van der Waals surface area (Å²) in [6.45, 7) is 2.92. The van der Waals surface area contributed by atoms with Crippen molar-refractivity contribution >= 4 is 30.0 Å². The first kappa shape index (κ1) is 25.1. The second kappa shape index (κ2) is 12.0. The Hall–Kier alpha value is -2.58. The van der Waals surface area contributed by atoms with Gasteiger partial charge >= 0.3 is 11.5 Å². The van der Waals surface area contributed by atoms with Crippen LogP contribution in [-0.4, -0.2) is 48.5 Å². The van der Waals surface area contributed by atoms with Crippen molar-refractivity contribution in [2.45, 2.75) is 19.0 Å². The number of aryl methyl sites for hydroxylation is 1. The number of hydrogen-bond donors (Lipinski definition) is 0. The maximum Gasteiger partial charge on any atom is 0.328 e. The number of nitrogens with zero attached hydrogens (tertiary/aromatic N) is 2. The van der Waals surface area contributed by atoms with Crippen molar-refractivity contribution in [1.29, 1.82) is 0 Å². The molecule has 1 aromatic heterocycles. The number of morpholine rings is 1. The fraction of sp³-hybridized carbons (Fsp3) is 0.333.